The maximum Gasteiger partial charge on any atom is 0.0464 e. The molecule has 0 aliphatic rings. The largest absolute Gasteiger partial charge is 0.271 e. The zero-order chi connectivity index (χ0) is 12.1. The first-order valence-electron chi connectivity index (χ1n) is 5.69. The molecule has 0 bridgehead atoms. The third-order valence-electron chi connectivity index (χ3n) is 2.83. The molecule has 17 heavy (non-hydrogen) atoms. The number of nitrogens with zero attached hydrogens (tertiary/aromatic N) is 1. The average Bonchev–Trinajstić information content (AvgIpc) is 2.83. The number of rotatable bonds is 5. The van der Waals surface area contributed by atoms with Crippen LogP contribution in [-0.4, -0.2) is 4.98 Å². The van der Waals surface area contributed by atoms with Crippen molar-refractivity contribution in [1.82, 2.24) is 10.4 Å². The molecule has 0 radical (unpaired) electrons. The molecule has 1 unspecified atom stereocenters. The standard InChI is InChI=1S/C13H17N3S/c1-10-8-12(4-6-15-10)13(16-14)3-2-11-5-7-17-9-11/h4-9,13,16H,2-3,14H2,1H3. The molecular formula is C13H17N3S. The Morgan fingerprint density at radius 3 is 3.00 bits per heavy atom. The topological polar surface area (TPSA) is 50.9 Å². The number of nitrogens with one attached hydrogen (secondary N) is 1. The zero-order valence-electron chi connectivity index (χ0n) is 9.89. The smallest absolute Gasteiger partial charge is 0.0464 e. The molecule has 2 aromatic rings. The van der Waals surface area contributed by atoms with E-state index in [2.05, 4.69) is 33.3 Å². The highest BCUT2D eigenvalue weighted by Gasteiger charge is 2.10. The van der Waals surface area contributed by atoms with E-state index >= 15 is 0 Å². The van der Waals surface area contributed by atoms with Gasteiger partial charge in [-0.3, -0.25) is 16.3 Å². The van der Waals surface area contributed by atoms with Crippen molar-refractivity contribution in [3.63, 3.8) is 0 Å². The monoisotopic (exact) mass is 247 g/mol. The molecular weight excluding hydrogens is 230 g/mol. The van der Waals surface area contributed by atoms with Crippen LogP contribution in [0.5, 0.6) is 0 Å². The molecule has 0 spiro atoms. The van der Waals surface area contributed by atoms with Gasteiger partial charge in [0.25, 0.3) is 0 Å². The van der Waals surface area contributed by atoms with Crippen LogP contribution in [0.25, 0.3) is 0 Å². The van der Waals surface area contributed by atoms with Crippen LogP contribution in [0.3, 0.4) is 0 Å². The Bertz CT molecular complexity index is 453. The third kappa shape index (κ3) is 3.36. The summed E-state index contributed by atoms with van der Waals surface area (Å²) >= 11 is 1.74. The molecule has 1 atom stereocenters. The summed E-state index contributed by atoms with van der Waals surface area (Å²) in [7, 11) is 0. The molecule has 0 amide bonds. The molecule has 3 N–H and O–H groups in total. The average molecular weight is 247 g/mol. The number of hydrazine groups is 1. The Kier molecular flexibility index (Phi) is 4.25. The first-order chi connectivity index (χ1) is 8.29. The van der Waals surface area contributed by atoms with Crippen molar-refractivity contribution in [2.45, 2.75) is 25.8 Å². The number of hydrogen-bond acceptors (Lipinski definition) is 4. The van der Waals surface area contributed by atoms with Gasteiger partial charge in [-0.2, -0.15) is 11.3 Å². The van der Waals surface area contributed by atoms with Crippen molar-refractivity contribution in [3.8, 4) is 0 Å². The second kappa shape index (κ2) is 5.91. The summed E-state index contributed by atoms with van der Waals surface area (Å²) in [4.78, 5) is 4.20. The zero-order valence-corrected chi connectivity index (χ0v) is 10.7. The van der Waals surface area contributed by atoms with Gasteiger partial charge in [0.1, 0.15) is 0 Å². The summed E-state index contributed by atoms with van der Waals surface area (Å²) in [5, 5.41) is 4.29. The van der Waals surface area contributed by atoms with E-state index in [1.165, 1.54) is 11.1 Å². The van der Waals surface area contributed by atoms with Gasteiger partial charge in [-0.1, -0.05) is 0 Å². The minimum atomic E-state index is 0.191. The summed E-state index contributed by atoms with van der Waals surface area (Å²) in [6.45, 7) is 2.00. The Morgan fingerprint density at radius 1 is 1.47 bits per heavy atom. The number of nitrogens with two attached hydrogens (primary N) is 1. The molecule has 0 fully saturated rings. The van der Waals surface area contributed by atoms with E-state index in [9.17, 15) is 0 Å². The highest BCUT2D eigenvalue weighted by molar-refractivity contribution is 7.07. The van der Waals surface area contributed by atoms with Crippen LogP contribution in [0, 0.1) is 6.92 Å². The van der Waals surface area contributed by atoms with Crippen molar-refractivity contribution >= 4 is 11.3 Å². The second-order valence-corrected chi connectivity index (χ2v) is 4.90. The van der Waals surface area contributed by atoms with Crippen molar-refractivity contribution in [2.24, 2.45) is 5.84 Å². The molecule has 0 saturated heterocycles. The summed E-state index contributed by atoms with van der Waals surface area (Å²) in [6, 6.07) is 6.45. The molecule has 90 valence electrons. The van der Waals surface area contributed by atoms with Gasteiger partial charge in [0.05, 0.1) is 0 Å². The van der Waals surface area contributed by atoms with E-state index in [0.717, 1.165) is 18.5 Å². The van der Waals surface area contributed by atoms with Crippen molar-refractivity contribution in [2.75, 3.05) is 0 Å². The van der Waals surface area contributed by atoms with Crippen LogP contribution < -0.4 is 11.3 Å². The summed E-state index contributed by atoms with van der Waals surface area (Å²) in [6.07, 6.45) is 3.87. The van der Waals surface area contributed by atoms with Gasteiger partial charge in [-0.15, -0.1) is 0 Å². The minimum absolute atomic E-state index is 0.191. The van der Waals surface area contributed by atoms with Crippen LogP contribution in [0.15, 0.2) is 35.2 Å². The van der Waals surface area contributed by atoms with E-state index in [0.29, 0.717) is 0 Å². The van der Waals surface area contributed by atoms with E-state index in [1.54, 1.807) is 11.3 Å². The highest BCUT2D eigenvalue weighted by atomic mass is 32.1. The Hall–Kier alpha value is -1.23. The Morgan fingerprint density at radius 2 is 2.35 bits per heavy atom. The van der Waals surface area contributed by atoms with Crippen molar-refractivity contribution < 1.29 is 0 Å². The van der Waals surface area contributed by atoms with Crippen LogP contribution in [0.1, 0.15) is 29.3 Å². The van der Waals surface area contributed by atoms with Crippen LogP contribution in [0.2, 0.25) is 0 Å². The number of thiophene rings is 1. The van der Waals surface area contributed by atoms with Gasteiger partial charge in [-0.05, 0) is 59.9 Å². The predicted octanol–water partition coefficient (Wildman–Crippen LogP) is 2.59. The molecule has 0 aliphatic carbocycles. The third-order valence-corrected chi connectivity index (χ3v) is 3.56. The lowest BCUT2D eigenvalue weighted by Gasteiger charge is -2.16. The van der Waals surface area contributed by atoms with Gasteiger partial charge >= 0.3 is 0 Å². The summed E-state index contributed by atoms with van der Waals surface area (Å²) < 4.78 is 0. The van der Waals surface area contributed by atoms with Gasteiger partial charge in [0.15, 0.2) is 0 Å². The minimum Gasteiger partial charge on any atom is -0.271 e. The fourth-order valence-corrected chi connectivity index (χ4v) is 2.58. The SMILES string of the molecule is Cc1cc(C(CCc2ccsc2)NN)ccn1. The summed E-state index contributed by atoms with van der Waals surface area (Å²) in [5.74, 6) is 5.63. The number of aromatic nitrogens is 1. The van der Waals surface area contributed by atoms with E-state index in [1.807, 2.05) is 19.2 Å². The molecule has 0 saturated carbocycles. The lowest BCUT2D eigenvalue weighted by Crippen LogP contribution is -2.28. The maximum absolute atomic E-state index is 5.63. The Labute approximate surface area is 106 Å². The summed E-state index contributed by atoms with van der Waals surface area (Å²) in [5.41, 5.74) is 6.49. The molecule has 3 nitrogen and oxygen atoms in total. The molecule has 0 aliphatic heterocycles. The van der Waals surface area contributed by atoms with Crippen LogP contribution in [-0.2, 0) is 6.42 Å². The molecule has 2 heterocycles. The van der Waals surface area contributed by atoms with Crippen molar-refractivity contribution in [1.29, 1.82) is 0 Å². The fourth-order valence-electron chi connectivity index (χ4n) is 1.88. The second-order valence-electron chi connectivity index (χ2n) is 4.12. The Balaban J connectivity index is 2.01. The van der Waals surface area contributed by atoms with Gasteiger partial charge < -0.3 is 0 Å². The van der Waals surface area contributed by atoms with E-state index in [-0.39, 0.29) is 6.04 Å². The van der Waals surface area contributed by atoms with Gasteiger partial charge in [0, 0.05) is 17.9 Å². The first kappa shape index (κ1) is 12.2. The number of hydrogen-bond donors (Lipinski definition) is 2. The van der Waals surface area contributed by atoms with Crippen LogP contribution >= 0.6 is 11.3 Å². The normalized spacial score (nSPS) is 12.6. The number of aryl methyl sites for hydroxylation is 2. The first-order valence-corrected chi connectivity index (χ1v) is 6.63. The van der Waals surface area contributed by atoms with Gasteiger partial charge in [0.2, 0.25) is 0 Å². The lowest BCUT2D eigenvalue weighted by atomic mass is 10.0. The van der Waals surface area contributed by atoms with Gasteiger partial charge in [-0.25, -0.2) is 0 Å². The number of pyridine rings is 1. The fraction of sp³-hybridized carbons (Fsp3) is 0.308. The molecule has 4 heteroatoms. The van der Waals surface area contributed by atoms with E-state index < -0.39 is 0 Å². The lowest BCUT2D eigenvalue weighted by molar-refractivity contribution is 0.516. The predicted molar refractivity (Wildman–Crippen MR) is 71.7 cm³/mol. The quantitative estimate of drug-likeness (QED) is 0.630. The molecule has 2 rings (SSSR count). The van der Waals surface area contributed by atoms with Crippen molar-refractivity contribution in [3.05, 3.63) is 52.0 Å². The molecule has 0 aromatic carbocycles. The molecule has 2 aromatic heterocycles. The van der Waals surface area contributed by atoms with E-state index in [4.69, 9.17) is 5.84 Å². The van der Waals surface area contributed by atoms with Crippen LogP contribution in [0.4, 0.5) is 0 Å². The highest BCUT2D eigenvalue weighted by Crippen LogP contribution is 2.19. The maximum atomic E-state index is 5.63.